The molecule has 6 heteroatoms. The summed E-state index contributed by atoms with van der Waals surface area (Å²) in [5.41, 5.74) is 1.76. The van der Waals surface area contributed by atoms with E-state index in [4.69, 9.17) is 16.3 Å². The second kappa shape index (κ2) is 7.86. The van der Waals surface area contributed by atoms with Crippen molar-refractivity contribution < 1.29 is 17.9 Å². The molecule has 0 spiro atoms. The van der Waals surface area contributed by atoms with Crippen molar-refractivity contribution >= 4 is 11.6 Å². The van der Waals surface area contributed by atoms with Crippen LogP contribution in [0, 0.1) is 6.92 Å². The largest absolute Gasteiger partial charge is 0.411 e. The maximum absolute atomic E-state index is 12.1. The first-order valence-electron chi connectivity index (χ1n) is 6.47. The molecule has 0 heterocycles. The highest BCUT2D eigenvalue weighted by Gasteiger charge is 2.28. The molecule has 1 aromatic carbocycles. The lowest BCUT2D eigenvalue weighted by Gasteiger charge is -2.20. The summed E-state index contributed by atoms with van der Waals surface area (Å²) in [4.78, 5) is 0. The molecule has 0 aromatic heterocycles. The third kappa shape index (κ3) is 6.11. The van der Waals surface area contributed by atoms with E-state index >= 15 is 0 Å². The predicted molar refractivity (Wildman–Crippen MR) is 74.1 cm³/mol. The SMILES string of the molecule is CCCNC(COCC(F)(F)F)c1ccc(C)c(Cl)c1. The van der Waals surface area contributed by atoms with Gasteiger partial charge < -0.3 is 10.1 Å². The molecule has 2 nitrogen and oxygen atoms in total. The molecule has 0 saturated heterocycles. The number of halogens is 4. The highest BCUT2D eigenvalue weighted by Crippen LogP contribution is 2.22. The van der Waals surface area contributed by atoms with Crippen LogP contribution in [0.5, 0.6) is 0 Å². The molecule has 1 unspecified atom stereocenters. The van der Waals surface area contributed by atoms with Crippen LogP contribution >= 0.6 is 11.6 Å². The molecule has 0 bridgehead atoms. The Bertz CT molecular complexity index is 423. The molecular formula is C14H19ClF3NO. The van der Waals surface area contributed by atoms with E-state index in [1.807, 2.05) is 26.0 Å². The summed E-state index contributed by atoms with van der Waals surface area (Å²) in [7, 11) is 0. The molecule has 0 aliphatic heterocycles. The van der Waals surface area contributed by atoms with Crippen molar-refractivity contribution in [2.45, 2.75) is 32.5 Å². The van der Waals surface area contributed by atoms with Crippen LogP contribution in [-0.2, 0) is 4.74 Å². The third-order valence-corrected chi connectivity index (χ3v) is 3.20. The molecule has 0 amide bonds. The molecule has 0 aliphatic rings. The average molecular weight is 310 g/mol. The van der Waals surface area contributed by atoms with Gasteiger partial charge in [-0.3, -0.25) is 0 Å². The summed E-state index contributed by atoms with van der Waals surface area (Å²) < 4.78 is 41.1. The molecule has 114 valence electrons. The van der Waals surface area contributed by atoms with Crippen LogP contribution in [0.3, 0.4) is 0 Å². The standard InChI is InChI=1S/C14H19ClF3NO/c1-3-6-19-13(8-20-9-14(16,17)18)11-5-4-10(2)12(15)7-11/h4-5,7,13,19H,3,6,8-9H2,1-2H3. The lowest BCUT2D eigenvalue weighted by atomic mass is 10.1. The van der Waals surface area contributed by atoms with Gasteiger partial charge in [-0.2, -0.15) is 13.2 Å². The Labute approximate surface area is 122 Å². The van der Waals surface area contributed by atoms with Gasteiger partial charge in [0, 0.05) is 5.02 Å². The first-order chi connectivity index (χ1) is 9.33. The molecule has 20 heavy (non-hydrogen) atoms. The van der Waals surface area contributed by atoms with Crippen molar-refractivity contribution in [2.75, 3.05) is 19.8 Å². The molecule has 1 rings (SSSR count). The summed E-state index contributed by atoms with van der Waals surface area (Å²) in [6.45, 7) is 3.28. The minimum Gasteiger partial charge on any atom is -0.370 e. The van der Waals surface area contributed by atoms with Crippen LogP contribution in [0.2, 0.25) is 5.02 Å². The van der Waals surface area contributed by atoms with E-state index in [0.29, 0.717) is 11.6 Å². The smallest absolute Gasteiger partial charge is 0.370 e. The number of benzene rings is 1. The van der Waals surface area contributed by atoms with Gasteiger partial charge in [0.2, 0.25) is 0 Å². The van der Waals surface area contributed by atoms with Crippen LogP contribution in [0.4, 0.5) is 13.2 Å². The fraction of sp³-hybridized carbons (Fsp3) is 0.571. The number of alkyl halides is 3. The zero-order chi connectivity index (χ0) is 15.2. The van der Waals surface area contributed by atoms with Gasteiger partial charge in [0.05, 0.1) is 12.6 Å². The third-order valence-electron chi connectivity index (χ3n) is 2.79. The number of rotatable bonds is 7. The molecule has 0 radical (unpaired) electrons. The molecular weight excluding hydrogens is 291 g/mol. The monoisotopic (exact) mass is 309 g/mol. The van der Waals surface area contributed by atoms with E-state index in [2.05, 4.69) is 5.32 Å². The van der Waals surface area contributed by atoms with E-state index < -0.39 is 12.8 Å². The van der Waals surface area contributed by atoms with E-state index in [-0.39, 0.29) is 12.6 Å². The Morgan fingerprint density at radius 2 is 2.05 bits per heavy atom. The molecule has 1 atom stereocenters. The highest BCUT2D eigenvalue weighted by molar-refractivity contribution is 6.31. The maximum atomic E-state index is 12.1. The second-order valence-corrected chi connectivity index (χ2v) is 5.05. The number of nitrogens with one attached hydrogen (secondary N) is 1. The Morgan fingerprint density at radius 3 is 2.60 bits per heavy atom. The number of ether oxygens (including phenoxy) is 1. The van der Waals surface area contributed by atoms with E-state index in [0.717, 1.165) is 17.5 Å². The topological polar surface area (TPSA) is 21.3 Å². The first-order valence-corrected chi connectivity index (χ1v) is 6.85. The van der Waals surface area contributed by atoms with Crippen molar-refractivity contribution in [3.05, 3.63) is 34.3 Å². The quantitative estimate of drug-likeness (QED) is 0.812. The summed E-state index contributed by atoms with van der Waals surface area (Å²) >= 11 is 6.05. The van der Waals surface area contributed by atoms with Gasteiger partial charge in [0.15, 0.2) is 0 Å². The zero-order valence-corrected chi connectivity index (χ0v) is 12.3. The highest BCUT2D eigenvalue weighted by atomic mass is 35.5. The van der Waals surface area contributed by atoms with Crippen molar-refractivity contribution in [1.82, 2.24) is 5.32 Å². The Balaban J connectivity index is 2.69. The summed E-state index contributed by atoms with van der Waals surface area (Å²) in [6, 6.07) is 5.17. The normalized spacial score (nSPS) is 13.5. The second-order valence-electron chi connectivity index (χ2n) is 4.65. The number of aryl methyl sites for hydroxylation is 1. The average Bonchev–Trinajstić information content (AvgIpc) is 2.35. The first kappa shape index (κ1) is 17.3. The van der Waals surface area contributed by atoms with Crippen molar-refractivity contribution in [1.29, 1.82) is 0 Å². The molecule has 0 fully saturated rings. The van der Waals surface area contributed by atoms with Gasteiger partial charge in [-0.05, 0) is 37.1 Å². The van der Waals surface area contributed by atoms with Crippen molar-refractivity contribution in [2.24, 2.45) is 0 Å². The number of hydrogen-bond acceptors (Lipinski definition) is 2. The van der Waals surface area contributed by atoms with Gasteiger partial charge in [-0.25, -0.2) is 0 Å². The Kier molecular flexibility index (Phi) is 6.79. The van der Waals surface area contributed by atoms with Crippen LogP contribution in [0.15, 0.2) is 18.2 Å². The van der Waals surface area contributed by atoms with Gasteiger partial charge in [-0.15, -0.1) is 0 Å². The Morgan fingerprint density at radius 1 is 1.35 bits per heavy atom. The van der Waals surface area contributed by atoms with Gasteiger partial charge >= 0.3 is 6.18 Å². The molecule has 1 aromatic rings. The number of hydrogen-bond donors (Lipinski definition) is 1. The minimum absolute atomic E-state index is 0.0428. The molecule has 1 N–H and O–H groups in total. The maximum Gasteiger partial charge on any atom is 0.411 e. The van der Waals surface area contributed by atoms with E-state index in [1.54, 1.807) is 6.07 Å². The van der Waals surface area contributed by atoms with Gasteiger partial charge in [0.1, 0.15) is 6.61 Å². The van der Waals surface area contributed by atoms with Crippen molar-refractivity contribution in [3.63, 3.8) is 0 Å². The lowest BCUT2D eigenvalue weighted by molar-refractivity contribution is -0.175. The van der Waals surface area contributed by atoms with Crippen molar-refractivity contribution in [3.8, 4) is 0 Å². The molecule has 0 saturated carbocycles. The van der Waals surface area contributed by atoms with Gasteiger partial charge in [-0.1, -0.05) is 30.7 Å². The Hall–Kier alpha value is -0.780. The summed E-state index contributed by atoms with van der Waals surface area (Å²) in [5.74, 6) is 0. The van der Waals surface area contributed by atoms with E-state index in [1.165, 1.54) is 0 Å². The summed E-state index contributed by atoms with van der Waals surface area (Å²) in [5, 5.41) is 3.77. The molecule has 0 aliphatic carbocycles. The predicted octanol–water partition coefficient (Wildman–Crippen LogP) is 4.27. The van der Waals surface area contributed by atoms with Crippen LogP contribution in [-0.4, -0.2) is 25.9 Å². The van der Waals surface area contributed by atoms with Crippen LogP contribution in [0.1, 0.15) is 30.5 Å². The lowest BCUT2D eigenvalue weighted by Crippen LogP contribution is -2.28. The fourth-order valence-electron chi connectivity index (χ4n) is 1.71. The van der Waals surface area contributed by atoms with Gasteiger partial charge in [0.25, 0.3) is 0 Å². The minimum atomic E-state index is -4.31. The van der Waals surface area contributed by atoms with Crippen LogP contribution in [0.25, 0.3) is 0 Å². The zero-order valence-electron chi connectivity index (χ0n) is 11.6. The summed E-state index contributed by atoms with van der Waals surface area (Å²) in [6.07, 6.45) is -3.42. The fourth-order valence-corrected chi connectivity index (χ4v) is 1.90. The van der Waals surface area contributed by atoms with Crippen LogP contribution < -0.4 is 5.32 Å². The van der Waals surface area contributed by atoms with E-state index in [9.17, 15) is 13.2 Å².